The molecule has 0 unspecified atom stereocenters. The van der Waals surface area contributed by atoms with Crippen molar-refractivity contribution in [1.29, 1.82) is 0 Å². The highest BCUT2D eigenvalue weighted by Crippen LogP contribution is 2.20. The van der Waals surface area contributed by atoms with Gasteiger partial charge in [-0.2, -0.15) is 0 Å². The van der Waals surface area contributed by atoms with Crippen LogP contribution in [0.15, 0.2) is 84.1 Å². The third-order valence-corrected chi connectivity index (χ3v) is 2.21. The molecule has 0 amide bonds. The molecule has 1 radical (unpaired) electrons. The van der Waals surface area contributed by atoms with Crippen LogP contribution in [0, 0.1) is 6.42 Å². The van der Waals surface area contributed by atoms with Gasteiger partial charge in [0.1, 0.15) is 0 Å². The van der Waals surface area contributed by atoms with Gasteiger partial charge in [0.15, 0.2) is 0 Å². The summed E-state index contributed by atoms with van der Waals surface area (Å²) in [4.78, 5) is 0. The highest BCUT2D eigenvalue weighted by Gasteiger charge is 2.02. The molecule has 0 saturated carbocycles. The highest BCUT2D eigenvalue weighted by atomic mass is 14.1. The van der Waals surface area contributed by atoms with Crippen LogP contribution in [0.1, 0.15) is 0 Å². The van der Waals surface area contributed by atoms with Crippen molar-refractivity contribution in [3.05, 3.63) is 90.5 Å². The van der Waals surface area contributed by atoms with Crippen LogP contribution in [0.5, 0.6) is 0 Å². The quantitative estimate of drug-likeness (QED) is 0.548. The summed E-state index contributed by atoms with van der Waals surface area (Å²) >= 11 is 0. The zero-order chi connectivity index (χ0) is 10.3. The summed E-state index contributed by atoms with van der Waals surface area (Å²) in [6, 6.07) is 0. The van der Waals surface area contributed by atoms with Crippen LogP contribution in [0.25, 0.3) is 0 Å². The highest BCUT2D eigenvalue weighted by molar-refractivity contribution is 5.53. The van der Waals surface area contributed by atoms with Gasteiger partial charge >= 0.3 is 0 Å². The third kappa shape index (κ3) is 2.81. The minimum absolute atomic E-state index is 1.26. The second kappa shape index (κ2) is 5.16. The van der Waals surface area contributed by atoms with E-state index in [2.05, 4.69) is 42.9 Å². The molecule has 0 fully saturated rings. The summed E-state index contributed by atoms with van der Waals surface area (Å²) in [5, 5.41) is 0. The van der Waals surface area contributed by atoms with E-state index in [0.29, 0.717) is 0 Å². The molecule has 2 rings (SSSR count). The van der Waals surface area contributed by atoms with E-state index in [1.165, 1.54) is 11.1 Å². The van der Waals surface area contributed by atoms with Gasteiger partial charge in [-0.05, 0) is 11.1 Å². The molecule has 15 heavy (non-hydrogen) atoms. The summed E-state index contributed by atoms with van der Waals surface area (Å²) in [7, 11) is 0. The monoisotopic (exact) mass is 193 g/mol. The fraction of sp³-hybridized carbons (Fsp3) is 0. The summed E-state index contributed by atoms with van der Waals surface area (Å²) in [6.45, 7) is 0. The molecule has 0 bridgehead atoms. The number of hydrogen-bond acceptors (Lipinski definition) is 0. The van der Waals surface area contributed by atoms with Gasteiger partial charge in [-0.1, -0.05) is 72.9 Å². The predicted molar refractivity (Wildman–Crippen MR) is 66.2 cm³/mol. The van der Waals surface area contributed by atoms with Gasteiger partial charge in [-0.25, -0.2) is 0 Å². The molecule has 73 valence electrons. The fourth-order valence-electron chi connectivity index (χ4n) is 1.45. The van der Waals surface area contributed by atoms with E-state index in [0.717, 1.165) is 0 Å². The van der Waals surface area contributed by atoms with Crippen LogP contribution in [0.3, 0.4) is 0 Å². The third-order valence-electron chi connectivity index (χ3n) is 2.21. The summed E-state index contributed by atoms with van der Waals surface area (Å²) in [5.74, 6) is 0. The lowest BCUT2D eigenvalue weighted by Crippen LogP contribution is -1.76. The normalized spacial score (nSPS) is 29.9. The van der Waals surface area contributed by atoms with Crippen LogP contribution < -0.4 is 0 Å². The Kier molecular flexibility index (Phi) is 3.34. The lowest BCUT2D eigenvalue weighted by atomic mass is 10.1. The molecule has 0 aromatic rings. The molecule has 0 aliphatic heterocycles. The van der Waals surface area contributed by atoms with E-state index in [4.69, 9.17) is 0 Å². The van der Waals surface area contributed by atoms with E-state index < -0.39 is 0 Å². The van der Waals surface area contributed by atoms with E-state index in [1.807, 2.05) is 36.5 Å². The van der Waals surface area contributed by atoms with Crippen molar-refractivity contribution >= 4 is 0 Å². The van der Waals surface area contributed by atoms with Crippen LogP contribution in [-0.4, -0.2) is 0 Å². The lowest BCUT2D eigenvalue weighted by Gasteiger charge is -1.95. The fourth-order valence-corrected chi connectivity index (χ4v) is 1.45. The second-order valence-corrected chi connectivity index (χ2v) is 3.31. The molecule has 0 heterocycles. The van der Waals surface area contributed by atoms with Crippen LogP contribution in [0.2, 0.25) is 0 Å². The van der Waals surface area contributed by atoms with Crippen molar-refractivity contribution in [2.45, 2.75) is 0 Å². The Bertz CT molecular complexity index is 421. The molecule has 0 aromatic heterocycles. The molecule has 0 aromatic carbocycles. The van der Waals surface area contributed by atoms with Crippen molar-refractivity contribution in [1.82, 2.24) is 0 Å². The van der Waals surface area contributed by atoms with E-state index in [1.54, 1.807) is 0 Å². The largest absolute Gasteiger partial charge is 0.0755 e. The smallest absolute Gasteiger partial charge is 0.0131 e. The number of rotatable bonds is 0. The molecule has 0 N–H and O–H groups in total. The van der Waals surface area contributed by atoms with Crippen LogP contribution in [-0.2, 0) is 0 Å². The van der Waals surface area contributed by atoms with E-state index in [-0.39, 0.29) is 0 Å². The molecule has 0 nitrogen and oxygen atoms in total. The topological polar surface area (TPSA) is 0 Å². The second-order valence-electron chi connectivity index (χ2n) is 3.31. The van der Waals surface area contributed by atoms with Gasteiger partial charge in [0, 0.05) is 6.42 Å². The molecule has 0 saturated heterocycles. The first-order valence-corrected chi connectivity index (χ1v) is 5.07. The Morgan fingerprint density at radius 2 is 0.867 bits per heavy atom. The molecule has 0 spiro atoms. The van der Waals surface area contributed by atoms with Crippen LogP contribution >= 0.6 is 0 Å². The molecule has 2 aliphatic carbocycles. The summed E-state index contributed by atoms with van der Waals surface area (Å²) < 4.78 is 0. The van der Waals surface area contributed by atoms with Crippen LogP contribution in [0.4, 0.5) is 0 Å². The first-order valence-electron chi connectivity index (χ1n) is 5.07. The molecular formula is C15H13. The van der Waals surface area contributed by atoms with E-state index in [9.17, 15) is 0 Å². The SMILES string of the molecule is [CH]1C=CC2=C1\C=C/C=C\C=C/C=C\C=C/2. The minimum Gasteiger partial charge on any atom is -0.0755 e. The molecule has 0 heteroatoms. The Labute approximate surface area is 91.0 Å². The summed E-state index contributed by atoms with van der Waals surface area (Å²) in [6.07, 6.45) is 26.8. The Hall–Kier alpha value is -1.82. The van der Waals surface area contributed by atoms with Crippen molar-refractivity contribution < 1.29 is 0 Å². The first kappa shape index (κ1) is 9.72. The Balaban J connectivity index is 2.28. The maximum atomic E-state index is 2.12. The lowest BCUT2D eigenvalue weighted by molar-refractivity contribution is 1.57. The van der Waals surface area contributed by atoms with Crippen molar-refractivity contribution in [2.75, 3.05) is 0 Å². The zero-order valence-electron chi connectivity index (χ0n) is 8.51. The number of allylic oxidation sites excluding steroid dienone is 14. The number of hydrogen-bond donors (Lipinski definition) is 0. The average molecular weight is 193 g/mol. The van der Waals surface area contributed by atoms with Crippen molar-refractivity contribution in [3.8, 4) is 0 Å². The van der Waals surface area contributed by atoms with Crippen molar-refractivity contribution in [3.63, 3.8) is 0 Å². The maximum Gasteiger partial charge on any atom is 0.0131 e. The van der Waals surface area contributed by atoms with Gasteiger partial charge in [0.25, 0.3) is 0 Å². The van der Waals surface area contributed by atoms with Crippen molar-refractivity contribution in [2.24, 2.45) is 0 Å². The van der Waals surface area contributed by atoms with Gasteiger partial charge < -0.3 is 0 Å². The van der Waals surface area contributed by atoms with Gasteiger partial charge in [-0.3, -0.25) is 0 Å². The van der Waals surface area contributed by atoms with Gasteiger partial charge in [-0.15, -0.1) is 0 Å². The predicted octanol–water partition coefficient (Wildman–Crippen LogP) is 3.85. The standard InChI is InChI=1S/C15H13/c1-2-4-6-8-11-15-13-9-12-14(15)10-7-5-3-1/h1-13H/b2-1-,3-1?,4-2?,5-3-,6-4-,7-5?,8-6?,10-7-,11-8-,14-10?,15-11?. The Morgan fingerprint density at radius 3 is 1.53 bits per heavy atom. The van der Waals surface area contributed by atoms with E-state index >= 15 is 0 Å². The minimum atomic E-state index is 1.26. The van der Waals surface area contributed by atoms with Gasteiger partial charge in [0.05, 0.1) is 0 Å². The molecule has 0 atom stereocenters. The van der Waals surface area contributed by atoms with Gasteiger partial charge in [0.2, 0.25) is 0 Å². The summed E-state index contributed by atoms with van der Waals surface area (Å²) in [5.41, 5.74) is 2.52. The maximum absolute atomic E-state index is 2.12. The molecular weight excluding hydrogens is 180 g/mol. The average Bonchev–Trinajstić information content (AvgIpc) is 2.65. The zero-order valence-corrected chi connectivity index (χ0v) is 8.51. The molecule has 2 aliphatic rings. The Morgan fingerprint density at radius 1 is 0.400 bits per heavy atom. The first-order chi connectivity index (χ1) is 7.47.